The maximum Gasteiger partial charge on any atom is 0.322 e. The summed E-state index contributed by atoms with van der Waals surface area (Å²) in [4.78, 5) is 26.2. The Labute approximate surface area is 112 Å². The Morgan fingerprint density at radius 2 is 2.05 bits per heavy atom. The van der Waals surface area contributed by atoms with Crippen LogP contribution in [0.15, 0.2) is 30.5 Å². The lowest BCUT2D eigenvalue weighted by Gasteiger charge is -2.07. The number of amides is 1. The van der Waals surface area contributed by atoms with Gasteiger partial charge in [0, 0.05) is 17.1 Å². The van der Waals surface area contributed by atoms with Crippen molar-refractivity contribution in [2.45, 2.75) is 6.43 Å². The smallest absolute Gasteiger partial charge is 0.322 e. The Morgan fingerprint density at radius 1 is 1.30 bits per heavy atom. The highest BCUT2D eigenvalue weighted by Crippen LogP contribution is 2.24. The van der Waals surface area contributed by atoms with Crippen LogP contribution in [0.4, 0.5) is 8.78 Å². The van der Waals surface area contributed by atoms with E-state index < -0.39 is 24.8 Å². The van der Waals surface area contributed by atoms with Gasteiger partial charge < -0.3 is 10.4 Å². The normalized spacial score (nSPS) is 10.8. The number of halogens is 2. The van der Waals surface area contributed by atoms with E-state index in [9.17, 15) is 18.4 Å². The SMILES string of the molecule is O=C(O)CNC(=O)c1ccnc2cc(C(F)F)ccc12. The number of nitrogens with one attached hydrogen (secondary N) is 1. The topological polar surface area (TPSA) is 79.3 Å². The summed E-state index contributed by atoms with van der Waals surface area (Å²) in [5.74, 6) is -1.76. The lowest BCUT2D eigenvalue weighted by atomic mass is 10.1. The summed E-state index contributed by atoms with van der Waals surface area (Å²) in [6, 6.07) is 5.19. The number of carbonyl (C=O) groups is 2. The maximum atomic E-state index is 12.6. The van der Waals surface area contributed by atoms with E-state index in [2.05, 4.69) is 10.3 Å². The zero-order chi connectivity index (χ0) is 14.7. The average molecular weight is 280 g/mol. The van der Waals surface area contributed by atoms with Crippen LogP contribution in [0, 0.1) is 0 Å². The number of nitrogens with zero attached hydrogens (tertiary/aromatic N) is 1. The van der Waals surface area contributed by atoms with Gasteiger partial charge in [0.2, 0.25) is 0 Å². The third-order valence-electron chi connectivity index (χ3n) is 2.66. The lowest BCUT2D eigenvalue weighted by Crippen LogP contribution is -2.29. The van der Waals surface area contributed by atoms with Crippen molar-refractivity contribution in [3.05, 3.63) is 41.6 Å². The summed E-state index contributed by atoms with van der Waals surface area (Å²) in [6.45, 7) is -0.516. The van der Waals surface area contributed by atoms with Crippen molar-refractivity contribution in [3.8, 4) is 0 Å². The third-order valence-corrected chi connectivity index (χ3v) is 2.66. The number of rotatable bonds is 4. The first-order chi connectivity index (χ1) is 9.49. The van der Waals surface area contributed by atoms with Crippen molar-refractivity contribution in [2.75, 3.05) is 6.54 Å². The second-order valence-electron chi connectivity index (χ2n) is 4.01. The highest BCUT2D eigenvalue weighted by molar-refractivity contribution is 6.06. The second-order valence-corrected chi connectivity index (χ2v) is 4.01. The summed E-state index contributed by atoms with van der Waals surface area (Å²) in [7, 11) is 0. The van der Waals surface area contributed by atoms with Gasteiger partial charge in [-0.25, -0.2) is 8.78 Å². The fourth-order valence-electron chi connectivity index (χ4n) is 1.75. The molecule has 0 aliphatic heterocycles. The molecule has 2 N–H and O–H groups in total. The van der Waals surface area contributed by atoms with Gasteiger partial charge >= 0.3 is 5.97 Å². The van der Waals surface area contributed by atoms with Crippen LogP contribution >= 0.6 is 0 Å². The fourth-order valence-corrected chi connectivity index (χ4v) is 1.75. The number of hydrogen-bond acceptors (Lipinski definition) is 3. The molecule has 1 aromatic heterocycles. The van der Waals surface area contributed by atoms with Gasteiger partial charge in [0.15, 0.2) is 0 Å². The maximum absolute atomic E-state index is 12.6. The summed E-state index contributed by atoms with van der Waals surface area (Å²) in [5, 5.41) is 11.1. The van der Waals surface area contributed by atoms with Crippen molar-refractivity contribution >= 4 is 22.8 Å². The van der Waals surface area contributed by atoms with E-state index in [4.69, 9.17) is 5.11 Å². The minimum absolute atomic E-state index is 0.187. The van der Waals surface area contributed by atoms with Crippen molar-refractivity contribution in [2.24, 2.45) is 0 Å². The Bertz CT molecular complexity index is 674. The minimum Gasteiger partial charge on any atom is -0.480 e. The van der Waals surface area contributed by atoms with E-state index in [-0.39, 0.29) is 16.6 Å². The van der Waals surface area contributed by atoms with E-state index in [1.807, 2.05) is 0 Å². The first-order valence-corrected chi connectivity index (χ1v) is 5.66. The highest BCUT2D eigenvalue weighted by Gasteiger charge is 2.14. The van der Waals surface area contributed by atoms with Crippen LogP contribution in [0.1, 0.15) is 22.3 Å². The average Bonchev–Trinajstić information content (AvgIpc) is 2.43. The van der Waals surface area contributed by atoms with Gasteiger partial charge in [-0.3, -0.25) is 14.6 Å². The largest absolute Gasteiger partial charge is 0.480 e. The molecule has 0 saturated heterocycles. The zero-order valence-corrected chi connectivity index (χ0v) is 10.1. The molecule has 0 aliphatic carbocycles. The van der Waals surface area contributed by atoms with Crippen LogP contribution in [0.2, 0.25) is 0 Å². The van der Waals surface area contributed by atoms with Crippen LogP contribution in [-0.2, 0) is 4.79 Å². The standard InChI is InChI=1S/C13H10F2N2O3/c14-12(15)7-1-2-8-9(3-4-16-10(8)5-7)13(20)17-6-11(18)19/h1-5,12H,6H2,(H,17,20)(H,18,19). The number of alkyl halides is 2. The van der Waals surface area contributed by atoms with Crippen molar-refractivity contribution in [3.63, 3.8) is 0 Å². The molecule has 1 amide bonds. The van der Waals surface area contributed by atoms with E-state index in [1.54, 1.807) is 0 Å². The molecule has 0 aliphatic rings. The molecule has 0 fully saturated rings. The van der Waals surface area contributed by atoms with Crippen LogP contribution in [-0.4, -0.2) is 28.5 Å². The van der Waals surface area contributed by atoms with E-state index in [1.165, 1.54) is 30.5 Å². The minimum atomic E-state index is -2.62. The van der Waals surface area contributed by atoms with E-state index in [0.29, 0.717) is 5.39 Å². The molecule has 0 spiro atoms. The number of aliphatic carboxylic acids is 1. The molecule has 7 heteroatoms. The molecule has 2 rings (SSSR count). The molecule has 0 saturated carbocycles. The molecule has 0 unspecified atom stereocenters. The Kier molecular flexibility index (Phi) is 3.88. The fraction of sp³-hybridized carbons (Fsp3) is 0.154. The number of hydrogen-bond donors (Lipinski definition) is 2. The zero-order valence-electron chi connectivity index (χ0n) is 10.1. The Hall–Kier alpha value is -2.57. The molecule has 5 nitrogen and oxygen atoms in total. The van der Waals surface area contributed by atoms with Crippen molar-refractivity contribution < 1.29 is 23.5 Å². The number of fused-ring (bicyclic) bond motifs is 1. The molecule has 20 heavy (non-hydrogen) atoms. The lowest BCUT2D eigenvalue weighted by molar-refractivity contribution is -0.135. The number of pyridine rings is 1. The molecule has 1 aromatic carbocycles. The summed E-state index contributed by atoms with van der Waals surface area (Å²) >= 11 is 0. The predicted molar refractivity (Wildman–Crippen MR) is 66.7 cm³/mol. The third kappa shape index (κ3) is 2.87. The predicted octanol–water partition coefficient (Wildman–Crippen LogP) is 1.99. The number of carbonyl (C=O) groups excluding carboxylic acids is 1. The van der Waals surface area contributed by atoms with Gasteiger partial charge in [0.25, 0.3) is 12.3 Å². The Morgan fingerprint density at radius 3 is 2.70 bits per heavy atom. The quantitative estimate of drug-likeness (QED) is 0.897. The second kappa shape index (κ2) is 5.60. The van der Waals surface area contributed by atoms with Crippen LogP contribution < -0.4 is 5.32 Å². The number of carboxylic acid groups (broad SMARTS) is 1. The van der Waals surface area contributed by atoms with E-state index in [0.717, 1.165) is 0 Å². The number of aromatic nitrogens is 1. The highest BCUT2D eigenvalue weighted by atomic mass is 19.3. The van der Waals surface area contributed by atoms with Crippen LogP contribution in [0.3, 0.4) is 0 Å². The van der Waals surface area contributed by atoms with Gasteiger partial charge in [-0.1, -0.05) is 12.1 Å². The number of carboxylic acids is 1. The molecule has 1 heterocycles. The molecule has 104 valence electrons. The monoisotopic (exact) mass is 280 g/mol. The molecular formula is C13H10F2N2O3. The molecular weight excluding hydrogens is 270 g/mol. The first-order valence-electron chi connectivity index (χ1n) is 5.66. The first kappa shape index (κ1) is 13.9. The van der Waals surface area contributed by atoms with Gasteiger partial charge in [-0.2, -0.15) is 0 Å². The van der Waals surface area contributed by atoms with Crippen LogP contribution in [0.25, 0.3) is 10.9 Å². The Balaban J connectivity index is 2.39. The van der Waals surface area contributed by atoms with Crippen molar-refractivity contribution in [1.29, 1.82) is 0 Å². The van der Waals surface area contributed by atoms with Gasteiger partial charge in [0.1, 0.15) is 6.54 Å². The van der Waals surface area contributed by atoms with E-state index >= 15 is 0 Å². The molecule has 0 radical (unpaired) electrons. The molecule has 0 bridgehead atoms. The van der Waals surface area contributed by atoms with Crippen LogP contribution in [0.5, 0.6) is 0 Å². The van der Waals surface area contributed by atoms with Crippen molar-refractivity contribution in [1.82, 2.24) is 10.3 Å². The summed E-state index contributed by atoms with van der Waals surface area (Å²) < 4.78 is 25.2. The van der Waals surface area contributed by atoms with Gasteiger partial charge in [-0.15, -0.1) is 0 Å². The van der Waals surface area contributed by atoms with Gasteiger partial charge in [-0.05, 0) is 12.1 Å². The molecule has 2 aromatic rings. The number of benzene rings is 1. The molecule has 0 atom stereocenters. The van der Waals surface area contributed by atoms with Gasteiger partial charge in [0.05, 0.1) is 11.1 Å². The summed E-state index contributed by atoms with van der Waals surface area (Å²) in [5.41, 5.74) is 0.260. The summed E-state index contributed by atoms with van der Waals surface area (Å²) in [6.07, 6.45) is -1.31.